The van der Waals surface area contributed by atoms with Crippen LogP contribution in [0.5, 0.6) is 0 Å². The summed E-state index contributed by atoms with van der Waals surface area (Å²) in [5, 5.41) is 7.29. The molecule has 0 spiro atoms. The van der Waals surface area contributed by atoms with Gasteiger partial charge in [-0.2, -0.15) is 0 Å². The molecule has 1 amide bonds. The van der Waals surface area contributed by atoms with E-state index in [0.29, 0.717) is 16.8 Å². The van der Waals surface area contributed by atoms with E-state index in [2.05, 4.69) is 26.5 Å². The van der Waals surface area contributed by atoms with Crippen LogP contribution in [-0.4, -0.2) is 20.1 Å². The lowest BCUT2D eigenvalue weighted by molar-refractivity contribution is -0.124. The smallest absolute Gasteiger partial charge is 0.273 e. The van der Waals surface area contributed by atoms with Crippen LogP contribution in [0.15, 0.2) is 46.6 Å². The van der Waals surface area contributed by atoms with E-state index in [1.165, 1.54) is 30.6 Å². The first-order valence-electron chi connectivity index (χ1n) is 11.0. The number of thiophene rings is 1. The van der Waals surface area contributed by atoms with Crippen LogP contribution in [0.1, 0.15) is 44.9 Å². The minimum absolute atomic E-state index is 0.0522. The van der Waals surface area contributed by atoms with E-state index in [4.69, 9.17) is 0 Å². The first-order valence-corrected chi connectivity index (χ1v) is 12.6. The zero-order valence-electron chi connectivity index (χ0n) is 17.1. The number of carbonyl (C=O) groups is 1. The highest BCUT2D eigenvalue weighted by molar-refractivity contribution is 9.10. The molecular formula is C24H24BrN3O2S. The van der Waals surface area contributed by atoms with E-state index in [1.54, 1.807) is 0 Å². The van der Waals surface area contributed by atoms with Crippen LogP contribution in [0, 0.1) is 17.3 Å². The summed E-state index contributed by atoms with van der Waals surface area (Å²) in [5.41, 5.74) is 4.26. The molecule has 1 aromatic carbocycles. The van der Waals surface area contributed by atoms with Crippen LogP contribution in [0.2, 0.25) is 0 Å². The summed E-state index contributed by atoms with van der Waals surface area (Å²) in [4.78, 5) is 27.3. The van der Waals surface area contributed by atoms with Crippen molar-refractivity contribution in [1.82, 2.24) is 9.89 Å². The van der Waals surface area contributed by atoms with Crippen molar-refractivity contribution in [2.75, 3.05) is 5.43 Å². The Balaban J connectivity index is 1.31. The van der Waals surface area contributed by atoms with Gasteiger partial charge in [-0.3, -0.25) is 9.59 Å². The number of nitrogens with one attached hydrogen (secondary N) is 1. The molecule has 31 heavy (non-hydrogen) atoms. The molecule has 0 saturated heterocycles. The largest absolute Gasteiger partial charge is 0.304 e. The number of alkyl halides is 1. The predicted molar refractivity (Wildman–Crippen MR) is 127 cm³/mol. The van der Waals surface area contributed by atoms with Gasteiger partial charge >= 0.3 is 5.56 Å². The lowest BCUT2D eigenvalue weighted by Crippen LogP contribution is -2.54. The second kappa shape index (κ2) is 7.01. The van der Waals surface area contributed by atoms with Crippen LogP contribution in [-0.2, 0) is 4.79 Å². The predicted octanol–water partition coefficient (Wildman–Crippen LogP) is 5.32. The van der Waals surface area contributed by atoms with Crippen molar-refractivity contribution in [1.29, 1.82) is 0 Å². The molecule has 0 radical (unpaired) electrons. The Bertz CT molecular complexity index is 1220. The molecule has 3 aromatic rings. The third-order valence-electron chi connectivity index (χ3n) is 7.43. The van der Waals surface area contributed by atoms with Crippen molar-refractivity contribution in [2.45, 2.75) is 49.3 Å². The summed E-state index contributed by atoms with van der Waals surface area (Å²) in [6, 6.07) is 11.7. The molecule has 1 N–H and O–H groups in total. The maximum Gasteiger partial charge on any atom is 0.304 e. The van der Waals surface area contributed by atoms with Gasteiger partial charge in [0.25, 0.3) is 0 Å². The molecule has 2 heterocycles. The number of rotatable bonds is 4. The molecule has 2 atom stereocenters. The number of fused-ring (bicyclic) bond motifs is 1. The lowest BCUT2D eigenvalue weighted by Gasteiger charge is -2.60. The summed E-state index contributed by atoms with van der Waals surface area (Å²) in [5.74, 6) is 1.34. The fourth-order valence-electron chi connectivity index (χ4n) is 6.88. The van der Waals surface area contributed by atoms with Gasteiger partial charge in [0.15, 0.2) is 0 Å². The number of benzene rings is 1. The molecule has 0 aliphatic heterocycles. The molecule has 7 heteroatoms. The quantitative estimate of drug-likeness (QED) is 0.496. The Kier molecular flexibility index (Phi) is 4.45. The average Bonchev–Trinajstić information content (AvgIpc) is 3.19. The molecule has 2 unspecified atom stereocenters. The molecule has 4 saturated carbocycles. The number of carbonyl (C=O) groups excluding carboxylic acids is 1. The van der Waals surface area contributed by atoms with Gasteiger partial charge < -0.3 is 0 Å². The standard InChI is InChI=1S/C24H24BrN3O2S/c25-24-11-15-8-16(12-24)10-23(9-15,14-24)13-19(29)26-28-22(30)21-18(6-7-31-21)20(27-28)17-4-2-1-3-5-17/h1-7,15-16H,8-14H2,(H,26,29). The molecule has 160 valence electrons. The lowest BCUT2D eigenvalue weighted by atomic mass is 9.48. The van der Waals surface area contributed by atoms with Gasteiger partial charge in [0.2, 0.25) is 5.91 Å². The molecular weight excluding hydrogens is 474 g/mol. The number of hydrogen-bond acceptors (Lipinski definition) is 4. The maximum absolute atomic E-state index is 13.2. The van der Waals surface area contributed by atoms with Gasteiger partial charge in [0, 0.05) is 21.7 Å². The fourth-order valence-corrected chi connectivity index (χ4v) is 9.21. The van der Waals surface area contributed by atoms with Crippen LogP contribution in [0.3, 0.4) is 0 Å². The molecule has 4 aliphatic carbocycles. The van der Waals surface area contributed by atoms with E-state index in [0.717, 1.165) is 46.8 Å². The first kappa shape index (κ1) is 19.7. The van der Waals surface area contributed by atoms with E-state index in [9.17, 15) is 9.59 Å². The second-order valence-electron chi connectivity index (χ2n) is 9.92. The number of hydrogen-bond donors (Lipinski definition) is 1. The summed E-state index contributed by atoms with van der Waals surface area (Å²) < 4.78 is 0.825. The van der Waals surface area contributed by atoms with Gasteiger partial charge in [0.05, 0.1) is 0 Å². The fraction of sp³-hybridized carbons (Fsp3) is 0.458. The SMILES string of the molecule is O=C(CC12CC3CC(CC(Br)(C3)C1)C2)Nn1nc(-c2ccccc2)c2ccsc2c1=O. The normalized spacial score (nSPS) is 31.3. The molecule has 4 fully saturated rings. The highest BCUT2D eigenvalue weighted by Crippen LogP contribution is 2.65. The monoisotopic (exact) mass is 497 g/mol. The van der Waals surface area contributed by atoms with Crippen LogP contribution >= 0.6 is 27.3 Å². The molecule has 4 aliphatic rings. The number of halogens is 1. The van der Waals surface area contributed by atoms with E-state index < -0.39 is 0 Å². The molecule has 7 rings (SSSR count). The van der Waals surface area contributed by atoms with Crippen molar-refractivity contribution in [2.24, 2.45) is 17.3 Å². The van der Waals surface area contributed by atoms with E-state index >= 15 is 0 Å². The minimum atomic E-state index is -0.263. The molecule has 4 bridgehead atoms. The van der Waals surface area contributed by atoms with Crippen molar-refractivity contribution in [3.05, 3.63) is 52.1 Å². The Labute approximate surface area is 193 Å². The first-order chi connectivity index (χ1) is 14.9. The average molecular weight is 498 g/mol. The topological polar surface area (TPSA) is 64.0 Å². The zero-order chi connectivity index (χ0) is 21.2. The van der Waals surface area contributed by atoms with Crippen molar-refractivity contribution >= 4 is 43.3 Å². The second-order valence-corrected chi connectivity index (χ2v) is 12.5. The van der Waals surface area contributed by atoms with Gasteiger partial charge in [-0.25, -0.2) is 5.43 Å². The Morgan fingerprint density at radius 3 is 2.61 bits per heavy atom. The Morgan fingerprint density at radius 1 is 1.16 bits per heavy atom. The summed E-state index contributed by atoms with van der Waals surface area (Å²) in [6.07, 6.45) is 7.57. The van der Waals surface area contributed by atoms with Gasteiger partial charge in [-0.15, -0.1) is 21.2 Å². The molecule has 5 nitrogen and oxygen atoms in total. The molecule has 2 aromatic heterocycles. The van der Waals surface area contributed by atoms with Gasteiger partial charge in [0.1, 0.15) is 10.4 Å². The Hall–Kier alpha value is -1.99. The van der Waals surface area contributed by atoms with Crippen molar-refractivity contribution in [3.8, 4) is 11.3 Å². The van der Waals surface area contributed by atoms with Crippen LogP contribution < -0.4 is 11.0 Å². The minimum Gasteiger partial charge on any atom is -0.273 e. The van der Waals surface area contributed by atoms with E-state index in [1.807, 2.05) is 41.8 Å². The third kappa shape index (κ3) is 3.37. The highest BCUT2D eigenvalue weighted by Gasteiger charge is 2.57. The van der Waals surface area contributed by atoms with Crippen molar-refractivity contribution < 1.29 is 4.79 Å². The third-order valence-corrected chi connectivity index (χ3v) is 9.26. The summed E-state index contributed by atoms with van der Waals surface area (Å²) in [6.45, 7) is 0. The number of amides is 1. The number of nitrogens with zero attached hydrogens (tertiary/aromatic N) is 2. The Morgan fingerprint density at radius 2 is 1.90 bits per heavy atom. The van der Waals surface area contributed by atoms with Crippen molar-refractivity contribution in [3.63, 3.8) is 0 Å². The van der Waals surface area contributed by atoms with Gasteiger partial charge in [-0.05, 0) is 67.2 Å². The van der Waals surface area contributed by atoms with Gasteiger partial charge in [-0.1, -0.05) is 46.3 Å². The van der Waals surface area contributed by atoms with E-state index in [-0.39, 0.29) is 21.2 Å². The summed E-state index contributed by atoms with van der Waals surface area (Å²) >= 11 is 5.41. The highest BCUT2D eigenvalue weighted by atomic mass is 79.9. The number of aromatic nitrogens is 2. The van der Waals surface area contributed by atoms with Crippen LogP contribution in [0.4, 0.5) is 0 Å². The zero-order valence-corrected chi connectivity index (χ0v) is 19.5. The van der Waals surface area contributed by atoms with Crippen LogP contribution in [0.25, 0.3) is 21.3 Å². The maximum atomic E-state index is 13.2. The summed E-state index contributed by atoms with van der Waals surface area (Å²) in [7, 11) is 0.